The lowest BCUT2D eigenvalue weighted by Crippen LogP contribution is -2.18. The van der Waals surface area contributed by atoms with Crippen LogP contribution in [0, 0.1) is 13.8 Å². The van der Waals surface area contributed by atoms with Gasteiger partial charge >= 0.3 is 0 Å². The van der Waals surface area contributed by atoms with E-state index in [0.29, 0.717) is 0 Å². The van der Waals surface area contributed by atoms with Gasteiger partial charge in [0.2, 0.25) is 10.3 Å². The van der Waals surface area contributed by atoms with E-state index in [4.69, 9.17) is 11.6 Å². The minimum atomic E-state index is 0.736. The summed E-state index contributed by atoms with van der Waals surface area (Å²) in [6.07, 6.45) is 0. The van der Waals surface area contributed by atoms with Gasteiger partial charge in [0.05, 0.1) is 5.70 Å². The van der Waals surface area contributed by atoms with Crippen LogP contribution < -0.4 is 5.43 Å². The van der Waals surface area contributed by atoms with Crippen molar-refractivity contribution < 1.29 is 0 Å². The Bertz CT molecular complexity index is 1260. The molecule has 1 aliphatic rings. The van der Waals surface area contributed by atoms with E-state index in [2.05, 4.69) is 69.8 Å². The summed E-state index contributed by atoms with van der Waals surface area (Å²) in [5.74, 6) is 0.843. The van der Waals surface area contributed by atoms with Crippen molar-refractivity contribution in [1.82, 2.24) is 19.4 Å². The lowest BCUT2D eigenvalue weighted by atomic mass is 10.2. The molecule has 0 atom stereocenters. The highest BCUT2D eigenvalue weighted by atomic mass is 35.5. The third-order valence-electron chi connectivity index (χ3n) is 5.13. The zero-order chi connectivity index (χ0) is 21.4. The van der Waals surface area contributed by atoms with Gasteiger partial charge in [-0.2, -0.15) is 0 Å². The first-order valence-corrected chi connectivity index (χ1v) is 12.1. The fourth-order valence-electron chi connectivity index (χ4n) is 3.65. The minimum absolute atomic E-state index is 0.736. The average Bonchev–Trinajstić information content (AvgIpc) is 3.33. The van der Waals surface area contributed by atoms with Crippen molar-refractivity contribution >= 4 is 40.8 Å². The molecule has 0 saturated heterocycles. The maximum absolute atomic E-state index is 6.07. The molecule has 156 valence electrons. The number of nitrogens with one attached hydrogen (secondary N) is 1. The van der Waals surface area contributed by atoms with E-state index in [9.17, 15) is 0 Å². The maximum atomic E-state index is 6.07. The number of aromatic nitrogens is 4. The lowest BCUT2D eigenvalue weighted by Gasteiger charge is -2.19. The van der Waals surface area contributed by atoms with Gasteiger partial charge in [-0.1, -0.05) is 65.5 Å². The molecule has 2 aromatic heterocycles. The molecule has 0 spiro atoms. The summed E-state index contributed by atoms with van der Waals surface area (Å²) in [5, 5.41) is 13.2. The molecule has 0 saturated carbocycles. The summed E-state index contributed by atoms with van der Waals surface area (Å²) in [6.45, 7) is 4.25. The second-order valence-corrected chi connectivity index (χ2v) is 9.45. The van der Waals surface area contributed by atoms with Gasteiger partial charge in [0.1, 0.15) is 0 Å². The number of aryl methyl sites for hydroxylation is 1. The summed E-state index contributed by atoms with van der Waals surface area (Å²) in [7, 11) is 0. The number of hydrogen-bond donors (Lipinski definition) is 1. The van der Waals surface area contributed by atoms with Gasteiger partial charge in [0, 0.05) is 38.8 Å². The monoisotopic (exact) mass is 465 g/mol. The lowest BCUT2D eigenvalue weighted by molar-refractivity contribution is 0.756. The largest absolute Gasteiger partial charge is 0.318 e. The maximum Gasteiger partial charge on any atom is 0.215 e. The van der Waals surface area contributed by atoms with E-state index >= 15 is 0 Å². The molecule has 2 aromatic carbocycles. The SMILES string of the molecule is Cc1cc(C2=CSc3nnc(SCc4ccccc4)n3N2)c(C)n1-c1ccc(Cl)cc1. The van der Waals surface area contributed by atoms with Crippen LogP contribution in [0.25, 0.3) is 11.4 Å². The van der Waals surface area contributed by atoms with Crippen molar-refractivity contribution in [3.05, 3.63) is 93.6 Å². The molecule has 0 aliphatic carbocycles. The smallest absolute Gasteiger partial charge is 0.215 e. The Morgan fingerprint density at radius 3 is 2.58 bits per heavy atom. The Hall–Kier alpha value is -2.61. The molecular weight excluding hydrogens is 446 g/mol. The first kappa shape index (κ1) is 20.3. The number of rotatable bonds is 5. The molecule has 0 fully saturated rings. The molecule has 5 nitrogen and oxygen atoms in total. The topological polar surface area (TPSA) is 47.7 Å². The Labute approximate surface area is 194 Å². The van der Waals surface area contributed by atoms with Crippen molar-refractivity contribution in [1.29, 1.82) is 0 Å². The highest BCUT2D eigenvalue weighted by Crippen LogP contribution is 2.34. The molecule has 31 heavy (non-hydrogen) atoms. The van der Waals surface area contributed by atoms with Crippen molar-refractivity contribution in [3.63, 3.8) is 0 Å². The molecule has 0 bridgehead atoms. The van der Waals surface area contributed by atoms with Gasteiger partial charge in [-0.3, -0.25) is 5.43 Å². The third kappa shape index (κ3) is 4.01. The Morgan fingerprint density at radius 1 is 1.03 bits per heavy atom. The first-order valence-electron chi connectivity index (χ1n) is 9.81. The van der Waals surface area contributed by atoms with Gasteiger partial charge in [-0.15, -0.1) is 10.2 Å². The molecule has 5 rings (SSSR count). The number of fused-ring (bicyclic) bond motifs is 1. The normalized spacial score (nSPS) is 12.9. The van der Waals surface area contributed by atoms with E-state index in [1.54, 1.807) is 23.5 Å². The van der Waals surface area contributed by atoms with Crippen LogP contribution in [0.3, 0.4) is 0 Å². The zero-order valence-electron chi connectivity index (χ0n) is 17.0. The van der Waals surface area contributed by atoms with Crippen LogP contribution in [0.5, 0.6) is 0 Å². The van der Waals surface area contributed by atoms with Crippen molar-refractivity contribution in [3.8, 4) is 5.69 Å². The molecule has 0 radical (unpaired) electrons. The van der Waals surface area contributed by atoms with Crippen molar-refractivity contribution in [2.45, 2.75) is 29.9 Å². The molecule has 3 heterocycles. The average molecular weight is 466 g/mol. The van der Waals surface area contributed by atoms with Gasteiger partial charge in [-0.05, 0) is 49.7 Å². The van der Waals surface area contributed by atoms with E-state index in [1.807, 2.05) is 35.0 Å². The van der Waals surface area contributed by atoms with Gasteiger partial charge in [0.25, 0.3) is 0 Å². The van der Waals surface area contributed by atoms with Crippen LogP contribution in [0.15, 0.2) is 76.4 Å². The predicted molar refractivity (Wildman–Crippen MR) is 129 cm³/mol. The molecular formula is C23H20ClN5S2. The number of nitrogens with zero attached hydrogens (tertiary/aromatic N) is 4. The van der Waals surface area contributed by atoms with E-state index < -0.39 is 0 Å². The fourth-order valence-corrected chi connectivity index (χ4v) is 5.41. The molecule has 4 aromatic rings. The van der Waals surface area contributed by atoms with Crippen molar-refractivity contribution in [2.75, 3.05) is 5.43 Å². The van der Waals surface area contributed by atoms with Crippen LogP contribution >= 0.6 is 35.1 Å². The van der Waals surface area contributed by atoms with E-state index in [0.717, 1.165) is 49.4 Å². The summed E-state index contributed by atoms with van der Waals surface area (Å²) in [6, 6.07) is 20.5. The van der Waals surface area contributed by atoms with Gasteiger partial charge < -0.3 is 4.57 Å². The third-order valence-corrected chi connectivity index (χ3v) is 7.22. The molecule has 0 amide bonds. The van der Waals surface area contributed by atoms with E-state index in [1.165, 1.54) is 5.56 Å². The van der Waals surface area contributed by atoms with Crippen LogP contribution in [-0.4, -0.2) is 19.4 Å². The number of benzene rings is 2. The van der Waals surface area contributed by atoms with E-state index in [-0.39, 0.29) is 0 Å². The Balaban J connectivity index is 1.41. The minimum Gasteiger partial charge on any atom is -0.318 e. The summed E-state index contributed by atoms with van der Waals surface area (Å²) < 4.78 is 4.22. The Kier molecular flexibility index (Phi) is 5.56. The summed E-state index contributed by atoms with van der Waals surface area (Å²) >= 11 is 9.33. The molecule has 1 N–H and O–H groups in total. The van der Waals surface area contributed by atoms with Crippen LogP contribution in [0.2, 0.25) is 5.02 Å². The quantitative estimate of drug-likeness (QED) is 0.351. The van der Waals surface area contributed by atoms with Crippen LogP contribution in [0.1, 0.15) is 22.5 Å². The van der Waals surface area contributed by atoms with Gasteiger partial charge in [-0.25, -0.2) is 4.68 Å². The second-order valence-electron chi connectivity index (χ2n) is 7.23. The zero-order valence-corrected chi connectivity index (χ0v) is 19.4. The summed E-state index contributed by atoms with van der Waals surface area (Å²) in [4.78, 5) is 0. The number of thioether (sulfide) groups is 2. The molecule has 0 unspecified atom stereocenters. The molecule has 8 heteroatoms. The van der Waals surface area contributed by atoms with Gasteiger partial charge in [0.15, 0.2) is 0 Å². The number of halogens is 1. The van der Waals surface area contributed by atoms with Crippen molar-refractivity contribution in [2.24, 2.45) is 0 Å². The second kappa shape index (κ2) is 8.49. The van der Waals surface area contributed by atoms with Crippen LogP contribution in [-0.2, 0) is 5.75 Å². The number of hydrogen-bond acceptors (Lipinski definition) is 5. The predicted octanol–water partition coefficient (Wildman–Crippen LogP) is 6.28. The highest BCUT2D eigenvalue weighted by Gasteiger charge is 2.22. The molecule has 1 aliphatic heterocycles. The Morgan fingerprint density at radius 2 is 1.81 bits per heavy atom. The fraction of sp³-hybridized carbons (Fsp3) is 0.130. The highest BCUT2D eigenvalue weighted by molar-refractivity contribution is 8.02. The standard InChI is InChI=1S/C23H20ClN5S2/c1-15-12-20(16(2)28(15)19-10-8-18(24)9-11-19)21-14-31-23-26-25-22(29(23)27-21)30-13-17-6-4-3-5-7-17/h3-12,14,27H,13H2,1-2H3. The first-order chi connectivity index (χ1) is 15.1. The summed E-state index contributed by atoms with van der Waals surface area (Å²) in [5.41, 5.74) is 10.4. The van der Waals surface area contributed by atoms with Crippen LogP contribution in [0.4, 0.5) is 0 Å².